The third kappa shape index (κ3) is 4.73. The number of rotatable bonds is 8. The van der Waals surface area contributed by atoms with Crippen molar-refractivity contribution in [1.82, 2.24) is 39.4 Å². The average Bonchev–Trinajstić information content (AvgIpc) is 3.48. The molecule has 4 aromatic rings. The number of alkyl halides is 3. The van der Waals surface area contributed by atoms with E-state index in [4.69, 9.17) is 4.74 Å². The maximum atomic E-state index is 15.1. The van der Waals surface area contributed by atoms with Crippen LogP contribution >= 0.6 is 0 Å². The number of piperidine rings is 1. The average molecular weight is 544 g/mol. The van der Waals surface area contributed by atoms with Gasteiger partial charge < -0.3 is 15.0 Å². The summed E-state index contributed by atoms with van der Waals surface area (Å²) in [4.78, 5) is 19.8. The van der Waals surface area contributed by atoms with Crippen molar-refractivity contribution >= 4 is 28.4 Å². The minimum absolute atomic E-state index is 0.00115. The number of amides is 1. The molecule has 2 fully saturated rings. The zero-order chi connectivity index (χ0) is 27.1. The molecule has 14 heteroatoms. The Hall–Kier alpha value is -3.94. The van der Waals surface area contributed by atoms with Gasteiger partial charge in [-0.1, -0.05) is 11.3 Å². The van der Waals surface area contributed by atoms with Crippen LogP contribution in [0.1, 0.15) is 12.8 Å². The zero-order valence-corrected chi connectivity index (χ0v) is 21.4. The third-order valence-electron chi connectivity index (χ3n) is 7.34. The molecule has 1 amide bonds. The van der Waals surface area contributed by atoms with E-state index < -0.39 is 25.2 Å². The molecule has 11 nitrogen and oxygen atoms in total. The molecule has 0 spiro atoms. The molecule has 1 aromatic carbocycles. The van der Waals surface area contributed by atoms with E-state index >= 15 is 8.78 Å². The van der Waals surface area contributed by atoms with Gasteiger partial charge in [0.25, 0.3) is 5.92 Å². The van der Waals surface area contributed by atoms with Crippen LogP contribution in [0.4, 0.5) is 19.1 Å². The van der Waals surface area contributed by atoms with E-state index in [1.807, 2.05) is 18.2 Å². The first-order valence-electron chi connectivity index (χ1n) is 12.8. The number of nitrogens with zero attached hydrogens (tertiary/aromatic N) is 8. The Morgan fingerprint density at radius 1 is 1.23 bits per heavy atom. The molecule has 0 saturated carbocycles. The van der Waals surface area contributed by atoms with Crippen molar-refractivity contribution in [3.05, 3.63) is 30.5 Å². The maximum Gasteiger partial charge on any atom is 0.280 e. The van der Waals surface area contributed by atoms with Crippen LogP contribution in [0, 0.1) is 0 Å². The van der Waals surface area contributed by atoms with Crippen molar-refractivity contribution in [1.29, 1.82) is 0 Å². The van der Waals surface area contributed by atoms with Crippen LogP contribution in [0.25, 0.3) is 27.7 Å². The van der Waals surface area contributed by atoms with E-state index in [0.717, 1.165) is 17.5 Å². The van der Waals surface area contributed by atoms with Crippen LogP contribution in [0.3, 0.4) is 0 Å². The Labute approximate surface area is 221 Å². The molecule has 39 heavy (non-hydrogen) atoms. The number of benzene rings is 1. The quantitative estimate of drug-likeness (QED) is 0.362. The van der Waals surface area contributed by atoms with Gasteiger partial charge in [0.15, 0.2) is 0 Å². The number of anilines is 1. The second-order valence-electron chi connectivity index (χ2n) is 9.86. The van der Waals surface area contributed by atoms with Gasteiger partial charge in [-0.3, -0.25) is 9.69 Å². The van der Waals surface area contributed by atoms with E-state index in [-0.39, 0.29) is 37.2 Å². The first-order valence-corrected chi connectivity index (χ1v) is 12.8. The predicted octanol–water partition coefficient (Wildman–Crippen LogP) is 2.47. The summed E-state index contributed by atoms with van der Waals surface area (Å²) in [5, 5.41) is 15.3. The van der Waals surface area contributed by atoms with Crippen LogP contribution in [0.2, 0.25) is 0 Å². The lowest BCUT2D eigenvalue weighted by atomic mass is 10.0. The van der Waals surface area contributed by atoms with Gasteiger partial charge in [-0.25, -0.2) is 22.4 Å². The van der Waals surface area contributed by atoms with E-state index in [0.29, 0.717) is 36.2 Å². The highest BCUT2D eigenvalue weighted by Gasteiger charge is 2.45. The molecule has 1 atom stereocenters. The molecule has 1 N–H and O–H groups in total. The van der Waals surface area contributed by atoms with Crippen LogP contribution < -0.4 is 10.1 Å². The molecule has 2 aliphatic rings. The van der Waals surface area contributed by atoms with Gasteiger partial charge in [0, 0.05) is 31.4 Å². The van der Waals surface area contributed by atoms with E-state index in [1.165, 1.54) is 21.2 Å². The summed E-state index contributed by atoms with van der Waals surface area (Å²) in [5.74, 6) is -2.97. The number of nitrogens with one attached hydrogen (secondary N) is 1. The summed E-state index contributed by atoms with van der Waals surface area (Å²) in [5.41, 5.74) is 3.42. The molecule has 0 bridgehead atoms. The number of methoxy groups -OCH3 is 1. The van der Waals surface area contributed by atoms with E-state index in [2.05, 4.69) is 25.7 Å². The SMILES string of the molecule is COc1nc(N[C@@H]2CCN(CC(=O)N3CCC3)CC2(F)F)nn2ccc(-c3ccc4nnn(CCF)c4c3)c12. The standard InChI is InChI=1S/C25H28F3N9O2/c1-39-23-22-17(16-3-4-18-19(13-16)36(12-7-26)33-31-18)5-11-37(22)32-24(30-23)29-20-6-10-34(15-25(20,27)28)14-21(38)35-8-2-9-35/h3-5,11,13,20H,2,6-10,12,14-15H2,1H3,(H,29,32)/t20-/m1/s1. The first-order chi connectivity index (χ1) is 18.9. The summed E-state index contributed by atoms with van der Waals surface area (Å²) in [6.07, 6.45) is 2.79. The van der Waals surface area contributed by atoms with Crippen LogP contribution in [0.5, 0.6) is 5.88 Å². The molecule has 206 valence electrons. The fraction of sp³-hybridized carbons (Fsp3) is 0.480. The van der Waals surface area contributed by atoms with Crippen molar-refractivity contribution in [3.63, 3.8) is 0 Å². The van der Waals surface area contributed by atoms with Gasteiger partial charge in [-0.15, -0.1) is 10.2 Å². The lowest BCUT2D eigenvalue weighted by Gasteiger charge is -2.39. The molecule has 0 radical (unpaired) electrons. The number of fused-ring (bicyclic) bond motifs is 2. The molecule has 2 saturated heterocycles. The number of hydrogen-bond acceptors (Lipinski definition) is 8. The Morgan fingerprint density at radius 3 is 2.79 bits per heavy atom. The first kappa shape index (κ1) is 25.3. The van der Waals surface area contributed by atoms with Gasteiger partial charge >= 0.3 is 0 Å². The number of aryl methyl sites for hydroxylation is 1. The van der Waals surface area contributed by atoms with E-state index in [1.54, 1.807) is 17.2 Å². The number of halogens is 3. The van der Waals surface area contributed by atoms with Gasteiger partial charge in [-0.2, -0.15) is 4.98 Å². The van der Waals surface area contributed by atoms with Crippen molar-refractivity contribution in [2.45, 2.75) is 31.4 Å². The number of hydrogen-bond donors (Lipinski definition) is 1. The smallest absolute Gasteiger partial charge is 0.280 e. The maximum absolute atomic E-state index is 15.1. The van der Waals surface area contributed by atoms with Gasteiger partial charge in [-0.05, 0) is 36.6 Å². The molecule has 0 unspecified atom stereocenters. The van der Waals surface area contributed by atoms with Crippen LogP contribution in [-0.4, -0.2) is 104 Å². The second-order valence-corrected chi connectivity index (χ2v) is 9.86. The third-order valence-corrected chi connectivity index (χ3v) is 7.34. The molecule has 2 aliphatic heterocycles. The Bertz CT molecular complexity index is 1520. The lowest BCUT2D eigenvalue weighted by molar-refractivity contribution is -0.139. The van der Waals surface area contributed by atoms with Crippen LogP contribution in [0.15, 0.2) is 30.5 Å². The Morgan fingerprint density at radius 2 is 2.08 bits per heavy atom. The summed E-state index contributed by atoms with van der Waals surface area (Å²) >= 11 is 0. The van der Waals surface area contributed by atoms with E-state index in [9.17, 15) is 9.18 Å². The number of aromatic nitrogens is 6. The largest absolute Gasteiger partial charge is 0.479 e. The highest BCUT2D eigenvalue weighted by molar-refractivity contribution is 5.89. The number of carbonyl (C=O) groups is 1. The van der Waals surface area contributed by atoms with Crippen molar-refractivity contribution in [2.24, 2.45) is 0 Å². The predicted molar refractivity (Wildman–Crippen MR) is 137 cm³/mol. The lowest BCUT2D eigenvalue weighted by Crippen LogP contribution is -2.57. The van der Waals surface area contributed by atoms with Gasteiger partial charge in [0.2, 0.25) is 17.7 Å². The second kappa shape index (κ2) is 9.98. The number of carbonyl (C=O) groups excluding carboxylic acids is 1. The molecule has 5 heterocycles. The minimum atomic E-state index is -3.09. The van der Waals surface area contributed by atoms with Crippen LogP contribution in [-0.2, 0) is 11.3 Å². The summed E-state index contributed by atoms with van der Waals surface area (Å²) in [7, 11) is 1.45. The van der Waals surface area contributed by atoms with Gasteiger partial charge in [0.1, 0.15) is 17.7 Å². The van der Waals surface area contributed by atoms with Gasteiger partial charge in [0.05, 0.1) is 38.3 Å². The Balaban J connectivity index is 1.23. The number of ether oxygens (including phenoxy) is 1. The fourth-order valence-electron chi connectivity index (χ4n) is 5.14. The topological polar surface area (TPSA) is 106 Å². The Kier molecular flexibility index (Phi) is 6.49. The normalized spacial score (nSPS) is 19.4. The summed E-state index contributed by atoms with van der Waals surface area (Å²) < 4.78 is 51.7. The molecular formula is C25H28F3N9O2. The molecular weight excluding hydrogens is 515 g/mol. The monoisotopic (exact) mass is 543 g/mol. The van der Waals surface area contributed by atoms with Crippen molar-refractivity contribution in [2.75, 3.05) is 51.8 Å². The molecule has 0 aliphatic carbocycles. The summed E-state index contributed by atoms with van der Waals surface area (Å²) in [6.45, 7) is 0.767. The fourth-order valence-corrected chi connectivity index (χ4v) is 5.14. The minimum Gasteiger partial charge on any atom is -0.479 e. The summed E-state index contributed by atoms with van der Waals surface area (Å²) in [6, 6.07) is 6.13. The highest BCUT2D eigenvalue weighted by atomic mass is 19.3. The van der Waals surface area contributed by atoms with Crippen molar-refractivity contribution in [3.8, 4) is 17.0 Å². The highest BCUT2D eigenvalue weighted by Crippen LogP contribution is 2.34. The number of likely N-dealkylation sites (tertiary alicyclic amines) is 2. The van der Waals surface area contributed by atoms with Crippen molar-refractivity contribution < 1.29 is 22.7 Å². The zero-order valence-electron chi connectivity index (χ0n) is 21.4. The molecule has 6 rings (SSSR count). The molecule has 3 aromatic heterocycles.